The molecule has 1 aromatic rings. The number of benzene rings is 1. The molecule has 3 aliphatic rings. The number of carbonyl (C=O) groups is 3. The quantitative estimate of drug-likeness (QED) is 0.606. The zero-order valence-electron chi connectivity index (χ0n) is 18.1. The standard InChI is InChI=1S/C23H31N3O4/c1-23(2,3)30-22(29)15-9-12-25(13-10-15)17-5-4-6-18-16(17)11-14-26(18)19-7-8-20(27)24-21(19)28/h4-6,15,19H,7-14H2,1-3H3,(H,24,27,28). The van der Waals surface area contributed by atoms with Gasteiger partial charge in [-0.15, -0.1) is 0 Å². The lowest BCUT2D eigenvalue weighted by Gasteiger charge is -2.35. The average molecular weight is 414 g/mol. The van der Waals surface area contributed by atoms with E-state index < -0.39 is 5.60 Å². The van der Waals surface area contributed by atoms with Gasteiger partial charge in [0.1, 0.15) is 11.6 Å². The number of fused-ring (bicyclic) bond motifs is 1. The summed E-state index contributed by atoms with van der Waals surface area (Å²) in [5, 5.41) is 2.47. The van der Waals surface area contributed by atoms with E-state index in [0.29, 0.717) is 12.8 Å². The lowest BCUT2D eigenvalue weighted by atomic mass is 9.95. The highest BCUT2D eigenvalue weighted by Gasteiger charge is 2.37. The molecule has 0 spiro atoms. The van der Waals surface area contributed by atoms with Gasteiger partial charge in [0.25, 0.3) is 0 Å². The fourth-order valence-corrected chi connectivity index (χ4v) is 4.78. The fourth-order valence-electron chi connectivity index (χ4n) is 4.78. The van der Waals surface area contributed by atoms with Crippen LogP contribution in [0.25, 0.3) is 0 Å². The summed E-state index contributed by atoms with van der Waals surface area (Å²) in [6.45, 7) is 8.13. The minimum Gasteiger partial charge on any atom is -0.460 e. The van der Waals surface area contributed by atoms with Gasteiger partial charge >= 0.3 is 5.97 Å². The zero-order valence-corrected chi connectivity index (χ0v) is 18.1. The van der Waals surface area contributed by atoms with E-state index in [2.05, 4.69) is 27.2 Å². The molecular formula is C23H31N3O4. The Bertz CT molecular complexity index is 852. The molecule has 0 saturated carbocycles. The minimum absolute atomic E-state index is 0.0443. The number of esters is 1. The molecule has 3 heterocycles. The van der Waals surface area contributed by atoms with E-state index >= 15 is 0 Å². The van der Waals surface area contributed by atoms with Crippen molar-refractivity contribution in [2.24, 2.45) is 5.92 Å². The first kappa shape index (κ1) is 20.7. The van der Waals surface area contributed by atoms with E-state index in [1.54, 1.807) is 0 Å². The number of hydrogen-bond donors (Lipinski definition) is 1. The predicted octanol–water partition coefficient (Wildman–Crippen LogP) is 2.41. The van der Waals surface area contributed by atoms with Crippen LogP contribution >= 0.6 is 0 Å². The van der Waals surface area contributed by atoms with Gasteiger partial charge in [-0.2, -0.15) is 0 Å². The molecule has 2 saturated heterocycles. The van der Waals surface area contributed by atoms with Crippen molar-refractivity contribution >= 4 is 29.2 Å². The molecule has 1 unspecified atom stereocenters. The van der Waals surface area contributed by atoms with Crippen LogP contribution in [0.3, 0.4) is 0 Å². The van der Waals surface area contributed by atoms with E-state index in [4.69, 9.17) is 4.74 Å². The number of imide groups is 1. The van der Waals surface area contributed by atoms with Crippen LogP contribution in [0.15, 0.2) is 18.2 Å². The number of piperidine rings is 2. The van der Waals surface area contributed by atoms with Gasteiger partial charge in [0.2, 0.25) is 11.8 Å². The van der Waals surface area contributed by atoms with Gasteiger partial charge in [-0.25, -0.2) is 0 Å². The van der Waals surface area contributed by atoms with Gasteiger partial charge in [0.15, 0.2) is 0 Å². The third-order valence-electron chi connectivity index (χ3n) is 6.20. The number of amides is 2. The molecule has 0 bridgehead atoms. The maximum Gasteiger partial charge on any atom is 0.309 e. The number of nitrogens with zero attached hydrogens (tertiary/aromatic N) is 2. The Morgan fingerprint density at radius 3 is 2.40 bits per heavy atom. The highest BCUT2D eigenvalue weighted by Crippen LogP contribution is 2.39. The largest absolute Gasteiger partial charge is 0.460 e. The molecule has 4 rings (SSSR count). The van der Waals surface area contributed by atoms with Crippen LogP contribution in [0.2, 0.25) is 0 Å². The Kier molecular flexibility index (Phi) is 5.47. The molecule has 0 radical (unpaired) electrons. The van der Waals surface area contributed by atoms with Crippen molar-refractivity contribution in [3.63, 3.8) is 0 Å². The molecule has 1 N–H and O–H groups in total. The normalized spacial score (nSPS) is 22.7. The van der Waals surface area contributed by atoms with Crippen LogP contribution in [0, 0.1) is 5.92 Å². The maximum atomic E-state index is 12.4. The minimum atomic E-state index is -0.450. The Labute approximate surface area is 177 Å². The number of carbonyl (C=O) groups excluding carboxylic acids is 3. The molecule has 1 aromatic carbocycles. The van der Waals surface area contributed by atoms with Gasteiger partial charge in [-0.05, 0) is 58.6 Å². The lowest BCUT2D eigenvalue weighted by molar-refractivity contribution is -0.160. The lowest BCUT2D eigenvalue weighted by Crippen LogP contribution is -2.52. The fraction of sp³-hybridized carbons (Fsp3) is 0.609. The molecule has 30 heavy (non-hydrogen) atoms. The monoisotopic (exact) mass is 413 g/mol. The van der Waals surface area contributed by atoms with Gasteiger partial charge in [-0.1, -0.05) is 6.07 Å². The average Bonchev–Trinajstić information content (AvgIpc) is 3.11. The van der Waals surface area contributed by atoms with E-state index in [1.165, 1.54) is 11.3 Å². The molecule has 7 nitrogen and oxygen atoms in total. The van der Waals surface area contributed by atoms with Crippen LogP contribution in [-0.2, 0) is 25.5 Å². The van der Waals surface area contributed by atoms with Gasteiger partial charge < -0.3 is 14.5 Å². The summed E-state index contributed by atoms with van der Waals surface area (Å²) in [6, 6.07) is 5.97. The smallest absolute Gasteiger partial charge is 0.309 e. The maximum absolute atomic E-state index is 12.4. The van der Waals surface area contributed by atoms with E-state index in [9.17, 15) is 14.4 Å². The van der Waals surface area contributed by atoms with Crippen molar-refractivity contribution in [1.29, 1.82) is 0 Å². The van der Waals surface area contributed by atoms with Crippen molar-refractivity contribution in [3.05, 3.63) is 23.8 Å². The van der Waals surface area contributed by atoms with Crippen molar-refractivity contribution in [2.45, 2.75) is 64.5 Å². The molecule has 2 amide bonds. The van der Waals surface area contributed by atoms with Crippen molar-refractivity contribution in [2.75, 3.05) is 29.4 Å². The van der Waals surface area contributed by atoms with E-state index in [1.807, 2.05) is 26.8 Å². The first-order valence-electron chi connectivity index (χ1n) is 10.9. The Morgan fingerprint density at radius 1 is 1.03 bits per heavy atom. The first-order chi connectivity index (χ1) is 14.2. The zero-order chi connectivity index (χ0) is 21.5. The SMILES string of the molecule is CC(C)(C)OC(=O)C1CCN(c2cccc3c2CCN3C2CCC(=O)NC2=O)CC1. The second kappa shape index (κ2) is 7.93. The summed E-state index contributed by atoms with van der Waals surface area (Å²) >= 11 is 0. The summed E-state index contributed by atoms with van der Waals surface area (Å²) in [5.74, 6) is -0.512. The molecule has 1 atom stereocenters. The summed E-state index contributed by atoms with van der Waals surface area (Å²) < 4.78 is 5.57. The third kappa shape index (κ3) is 4.16. The van der Waals surface area contributed by atoms with Crippen LogP contribution in [0.1, 0.15) is 52.0 Å². The van der Waals surface area contributed by atoms with E-state index in [0.717, 1.165) is 44.6 Å². The number of hydrogen-bond acceptors (Lipinski definition) is 6. The van der Waals surface area contributed by atoms with Crippen LogP contribution < -0.4 is 15.1 Å². The summed E-state index contributed by atoms with van der Waals surface area (Å²) in [7, 11) is 0. The molecule has 0 aromatic heterocycles. The molecule has 3 aliphatic heterocycles. The van der Waals surface area contributed by atoms with Crippen molar-refractivity contribution in [1.82, 2.24) is 5.32 Å². The topological polar surface area (TPSA) is 79.0 Å². The number of ether oxygens (including phenoxy) is 1. The van der Waals surface area contributed by atoms with E-state index in [-0.39, 0.29) is 29.7 Å². The summed E-state index contributed by atoms with van der Waals surface area (Å²) in [4.78, 5) is 40.8. The second-order valence-corrected chi connectivity index (χ2v) is 9.48. The predicted molar refractivity (Wildman–Crippen MR) is 114 cm³/mol. The highest BCUT2D eigenvalue weighted by atomic mass is 16.6. The van der Waals surface area contributed by atoms with Gasteiger partial charge in [0.05, 0.1) is 5.92 Å². The molecule has 0 aliphatic carbocycles. The number of anilines is 2. The second-order valence-electron chi connectivity index (χ2n) is 9.48. The Hall–Kier alpha value is -2.57. The Balaban J connectivity index is 1.45. The number of nitrogens with one attached hydrogen (secondary N) is 1. The highest BCUT2D eigenvalue weighted by molar-refractivity contribution is 6.02. The molecule has 162 valence electrons. The van der Waals surface area contributed by atoms with Crippen molar-refractivity contribution < 1.29 is 19.1 Å². The van der Waals surface area contributed by atoms with Crippen LogP contribution in [-0.4, -0.2) is 49.1 Å². The number of rotatable bonds is 3. The van der Waals surface area contributed by atoms with Gasteiger partial charge in [-0.3, -0.25) is 19.7 Å². The van der Waals surface area contributed by atoms with Gasteiger partial charge in [0, 0.05) is 43.0 Å². The first-order valence-corrected chi connectivity index (χ1v) is 10.9. The van der Waals surface area contributed by atoms with Crippen LogP contribution in [0.5, 0.6) is 0 Å². The van der Waals surface area contributed by atoms with Crippen molar-refractivity contribution in [3.8, 4) is 0 Å². The third-order valence-corrected chi connectivity index (χ3v) is 6.20. The summed E-state index contributed by atoms with van der Waals surface area (Å²) in [6.07, 6.45) is 3.41. The summed E-state index contributed by atoms with van der Waals surface area (Å²) in [5.41, 5.74) is 3.10. The Morgan fingerprint density at radius 2 is 1.73 bits per heavy atom. The van der Waals surface area contributed by atoms with Crippen LogP contribution in [0.4, 0.5) is 11.4 Å². The molecular weight excluding hydrogens is 382 g/mol. The molecule has 2 fully saturated rings. The molecule has 7 heteroatoms.